The lowest BCUT2D eigenvalue weighted by atomic mass is 9.78. The van der Waals surface area contributed by atoms with Crippen LogP contribution in [0, 0.1) is 11.8 Å². The minimum absolute atomic E-state index is 0.104. The minimum atomic E-state index is -1.13. The van der Waals surface area contributed by atoms with Gasteiger partial charge in [0, 0.05) is 6.04 Å². The number of amides is 4. The maximum absolute atomic E-state index is 12.8. The molecule has 1 aromatic carbocycles. The minimum Gasteiger partial charge on any atom is -0.352 e. The predicted molar refractivity (Wildman–Crippen MR) is 98.1 cm³/mol. The molecule has 0 bridgehead atoms. The Balaban J connectivity index is 1.67. The Labute approximate surface area is 154 Å². The summed E-state index contributed by atoms with van der Waals surface area (Å²) in [6, 6.07) is 8.67. The van der Waals surface area contributed by atoms with Crippen LogP contribution in [0.15, 0.2) is 30.3 Å². The van der Waals surface area contributed by atoms with Gasteiger partial charge < -0.3 is 10.6 Å². The first-order chi connectivity index (χ1) is 12.3. The van der Waals surface area contributed by atoms with Gasteiger partial charge in [0.1, 0.15) is 12.1 Å². The highest BCUT2D eigenvalue weighted by Crippen LogP contribution is 2.30. The molecule has 26 heavy (non-hydrogen) atoms. The summed E-state index contributed by atoms with van der Waals surface area (Å²) in [5.74, 6) is 0.281. The fraction of sp³-hybridized carbons (Fsp3) is 0.550. The summed E-state index contributed by atoms with van der Waals surface area (Å²) in [6.07, 6.45) is 3.21. The quantitative estimate of drug-likeness (QED) is 0.812. The molecular weight excluding hydrogens is 330 g/mol. The molecule has 4 amide bonds. The van der Waals surface area contributed by atoms with Crippen molar-refractivity contribution in [1.82, 2.24) is 15.5 Å². The van der Waals surface area contributed by atoms with E-state index in [1.54, 1.807) is 19.1 Å². The van der Waals surface area contributed by atoms with Gasteiger partial charge in [0.15, 0.2) is 0 Å². The third-order valence-electron chi connectivity index (χ3n) is 5.98. The molecule has 2 fully saturated rings. The number of rotatable bonds is 4. The molecule has 0 aromatic heterocycles. The van der Waals surface area contributed by atoms with Crippen molar-refractivity contribution >= 4 is 17.8 Å². The average Bonchev–Trinajstić information content (AvgIpc) is 2.84. The van der Waals surface area contributed by atoms with Crippen molar-refractivity contribution in [2.24, 2.45) is 11.8 Å². The fourth-order valence-electron chi connectivity index (χ4n) is 3.99. The van der Waals surface area contributed by atoms with Gasteiger partial charge in [-0.3, -0.25) is 14.5 Å². The number of carbonyl (C=O) groups is 3. The van der Waals surface area contributed by atoms with Gasteiger partial charge in [-0.25, -0.2) is 4.79 Å². The Morgan fingerprint density at radius 3 is 2.62 bits per heavy atom. The van der Waals surface area contributed by atoms with Gasteiger partial charge in [0.05, 0.1) is 0 Å². The standard InChI is InChI=1S/C20H27N3O3/c1-13-8-7-11-16(14(13)2)21-17(24)12-23-18(25)20(3,22-19(23)26)15-9-5-4-6-10-15/h4-6,9-10,13-14,16H,7-8,11-12H2,1-3H3,(H,21,24)(H,22,26)/t13-,14+,16-,20-/m0/s1. The molecule has 140 valence electrons. The molecule has 2 aliphatic rings. The second kappa shape index (κ2) is 7.09. The predicted octanol–water partition coefficient (Wildman–Crippen LogP) is 2.39. The van der Waals surface area contributed by atoms with Crippen LogP contribution in [-0.4, -0.2) is 35.3 Å². The van der Waals surface area contributed by atoms with Crippen molar-refractivity contribution in [3.05, 3.63) is 35.9 Å². The lowest BCUT2D eigenvalue weighted by Gasteiger charge is -2.34. The van der Waals surface area contributed by atoms with Crippen molar-refractivity contribution in [1.29, 1.82) is 0 Å². The maximum atomic E-state index is 12.8. The summed E-state index contributed by atoms with van der Waals surface area (Å²) in [5.41, 5.74) is -0.429. The number of benzene rings is 1. The van der Waals surface area contributed by atoms with Gasteiger partial charge in [0.2, 0.25) is 5.91 Å². The number of urea groups is 1. The summed E-state index contributed by atoms with van der Waals surface area (Å²) in [5, 5.41) is 5.75. The van der Waals surface area contributed by atoms with Crippen molar-refractivity contribution in [3.63, 3.8) is 0 Å². The normalized spacial score (nSPS) is 31.7. The number of nitrogens with one attached hydrogen (secondary N) is 2. The molecule has 1 saturated heterocycles. The molecule has 6 nitrogen and oxygen atoms in total. The topological polar surface area (TPSA) is 78.5 Å². The van der Waals surface area contributed by atoms with Crippen molar-refractivity contribution in [2.75, 3.05) is 6.54 Å². The molecule has 0 unspecified atom stereocenters. The van der Waals surface area contributed by atoms with Crippen LogP contribution in [0.25, 0.3) is 0 Å². The zero-order valence-corrected chi connectivity index (χ0v) is 15.6. The highest BCUT2D eigenvalue weighted by molar-refractivity contribution is 6.09. The zero-order chi connectivity index (χ0) is 18.9. The lowest BCUT2D eigenvalue weighted by molar-refractivity contribution is -0.135. The first-order valence-electron chi connectivity index (χ1n) is 9.32. The summed E-state index contributed by atoms with van der Waals surface area (Å²) in [7, 11) is 0. The molecular formula is C20H27N3O3. The van der Waals surface area contributed by atoms with Crippen LogP contribution < -0.4 is 10.6 Å². The third kappa shape index (κ3) is 3.32. The van der Waals surface area contributed by atoms with Crippen molar-refractivity contribution in [2.45, 2.75) is 51.6 Å². The molecule has 1 saturated carbocycles. The molecule has 1 aliphatic heterocycles. The molecule has 0 radical (unpaired) electrons. The van der Waals surface area contributed by atoms with Gasteiger partial charge in [-0.05, 0) is 30.7 Å². The molecule has 0 spiro atoms. The average molecular weight is 357 g/mol. The van der Waals surface area contributed by atoms with Crippen LogP contribution in [-0.2, 0) is 15.1 Å². The zero-order valence-electron chi connectivity index (χ0n) is 15.6. The van der Waals surface area contributed by atoms with E-state index in [0.29, 0.717) is 17.4 Å². The van der Waals surface area contributed by atoms with Gasteiger partial charge in [-0.1, -0.05) is 57.0 Å². The number of hydrogen-bond acceptors (Lipinski definition) is 3. The Kier molecular flexibility index (Phi) is 5.03. The largest absolute Gasteiger partial charge is 0.352 e. The van der Waals surface area contributed by atoms with E-state index < -0.39 is 17.5 Å². The molecule has 2 N–H and O–H groups in total. The van der Waals surface area contributed by atoms with E-state index in [2.05, 4.69) is 24.5 Å². The lowest BCUT2D eigenvalue weighted by Crippen LogP contribution is -2.48. The van der Waals surface area contributed by atoms with Crippen LogP contribution >= 0.6 is 0 Å². The van der Waals surface area contributed by atoms with Gasteiger partial charge >= 0.3 is 6.03 Å². The first kappa shape index (κ1) is 18.4. The van der Waals surface area contributed by atoms with E-state index in [1.165, 1.54) is 6.42 Å². The van der Waals surface area contributed by atoms with E-state index in [-0.39, 0.29) is 18.5 Å². The Hall–Kier alpha value is -2.37. The summed E-state index contributed by atoms with van der Waals surface area (Å²) < 4.78 is 0. The van der Waals surface area contributed by atoms with E-state index in [4.69, 9.17) is 0 Å². The second-order valence-corrected chi connectivity index (χ2v) is 7.75. The highest BCUT2D eigenvalue weighted by atomic mass is 16.2. The number of nitrogens with zero attached hydrogens (tertiary/aromatic N) is 1. The van der Waals surface area contributed by atoms with Gasteiger partial charge in [0.25, 0.3) is 5.91 Å². The number of carbonyl (C=O) groups excluding carboxylic acids is 3. The van der Waals surface area contributed by atoms with E-state index in [0.717, 1.165) is 17.7 Å². The molecule has 6 heteroatoms. The maximum Gasteiger partial charge on any atom is 0.325 e. The van der Waals surface area contributed by atoms with Gasteiger partial charge in [-0.2, -0.15) is 0 Å². The van der Waals surface area contributed by atoms with Gasteiger partial charge in [-0.15, -0.1) is 0 Å². The molecule has 3 rings (SSSR count). The molecule has 4 atom stereocenters. The molecule has 1 aliphatic carbocycles. The van der Waals surface area contributed by atoms with Crippen LogP contribution in [0.1, 0.15) is 45.6 Å². The first-order valence-corrected chi connectivity index (χ1v) is 9.32. The fourth-order valence-corrected chi connectivity index (χ4v) is 3.99. The summed E-state index contributed by atoms with van der Waals surface area (Å²) in [6.45, 7) is 5.77. The third-order valence-corrected chi connectivity index (χ3v) is 5.98. The van der Waals surface area contributed by atoms with Crippen LogP contribution in [0.2, 0.25) is 0 Å². The Bertz CT molecular complexity index is 706. The molecule has 1 aromatic rings. The number of imide groups is 1. The number of hydrogen-bond donors (Lipinski definition) is 2. The van der Waals surface area contributed by atoms with E-state index in [9.17, 15) is 14.4 Å². The summed E-state index contributed by atoms with van der Waals surface area (Å²) in [4.78, 5) is 38.7. The Morgan fingerprint density at radius 1 is 1.23 bits per heavy atom. The smallest absolute Gasteiger partial charge is 0.325 e. The van der Waals surface area contributed by atoms with Crippen LogP contribution in [0.4, 0.5) is 4.79 Å². The van der Waals surface area contributed by atoms with Crippen LogP contribution in [0.5, 0.6) is 0 Å². The highest BCUT2D eigenvalue weighted by Gasteiger charge is 2.49. The van der Waals surface area contributed by atoms with Crippen LogP contribution in [0.3, 0.4) is 0 Å². The second-order valence-electron chi connectivity index (χ2n) is 7.75. The van der Waals surface area contributed by atoms with Crippen molar-refractivity contribution in [3.8, 4) is 0 Å². The Morgan fingerprint density at radius 2 is 1.92 bits per heavy atom. The van der Waals surface area contributed by atoms with E-state index in [1.807, 2.05) is 18.2 Å². The monoisotopic (exact) mass is 357 g/mol. The van der Waals surface area contributed by atoms with Crippen molar-refractivity contribution < 1.29 is 14.4 Å². The van der Waals surface area contributed by atoms with E-state index >= 15 is 0 Å². The summed E-state index contributed by atoms with van der Waals surface area (Å²) >= 11 is 0. The molecule has 1 heterocycles. The SMILES string of the molecule is C[C@H]1[C@@H](NC(=O)CN2C(=O)N[C@@](C)(c3ccccc3)C2=O)CCC[C@@H]1C.